The Morgan fingerprint density at radius 1 is 1.00 bits per heavy atom. The predicted molar refractivity (Wildman–Crippen MR) is 134 cm³/mol. The Bertz CT molecular complexity index is 1190. The molecule has 6 nitrogen and oxygen atoms in total. The molecule has 3 aromatic rings. The minimum Gasteiger partial charge on any atom is -0.395 e. The van der Waals surface area contributed by atoms with Crippen LogP contribution in [0, 0.1) is 0 Å². The van der Waals surface area contributed by atoms with Gasteiger partial charge in [-0.25, -0.2) is 0 Å². The van der Waals surface area contributed by atoms with Crippen molar-refractivity contribution in [2.75, 3.05) is 18.5 Å². The number of benzene rings is 3. The van der Waals surface area contributed by atoms with Gasteiger partial charge >= 0.3 is 0 Å². The molecule has 2 unspecified atom stereocenters. The molecule has 3 aromatic carbocycles. The van der Waals surface area contributed by atoms with Crippen molar-refractivity contribution in [2.24, 2.45) is 0 Å². The quantitative estimate of drug-likeness (QED) is 0.356. The van der Waals surface area contributed by atoms with Gasteiger partial charge in [0, 0.05) is 46.7 Å². The largest absolute Gasteiger partial charge is 0.395 e. The summed E-state index contributed by atoms with van der Waals surface area (Å²) < 4.78 is 0. The van der Waals surface area contributed by atoms with E-state index in [9.17, 15) is 9.59 Å². The molecular weight excluding hydrogens is 473 g/mol. The maximum Gasteiger partial charge on any atom is 0.249 e. The standard InChI is InChI=1S/C26H25Cl2N3O3/c27-19-8-4-5-17(13-19)16-26(21-10-9-20(28)14-23(21)30-25(26)34)31-22(15-24(33)29-11-12-32)18-6-2-1-3-7-18/h1-10,13-14,22,31-32H,11-12,15-16H2,(H,29,33)(H,30,34). The monoisotopic (exact) mass is 497 g/mol. The van der Waals surface area contributed by atoms with Gasteiger partial charge in [0.2, 0.25) is 11.8 Å². The molecule has 1 aliphatic heterocycles. The summed E-state index contributed by atoms with van der Waals surface area (Å²) in [7, 11) is 0. The Morgan fingerprint density at radius 3 is 2.50 bits per heavy atom. The lowest BCUT2D eigenvalue weighted by Crippen LogP contribution is -2.52. The zero-order valence-corrected chi connectivity index (χ0v) is 19.9. The maximum absolute atomic E-state index is 13.6. The van der Waals surface area contributed by atoms with Crippen LogP contribution in [0.25, 0.3) is 0 Å². The highest BCUT2D eigenvalue weighted by atomic mass is 35.5. The van der Waals surface area contributed by atoms with Gasteiger partial charge in [0.1, 0.15) is 5.54 Å². The number of hydrogen-bond acceptors (Lipinski definition) is 4. The number of hydrogen-bond donors (Lipinski definition) is 4. The summed E-state index contributed by atoms with van der Waals surface area (Å²) in [5.74, 6) is -0.468. The Labute approximate surface area is 208 Å². The molecule has 8 heteroatoms. The van der Waals surface area contributed by atoms with Crippen LogP contribution in [-0.4, -0.2) is 30.1 Å². The molecule has 0 aromatic heterocycles. The topological polar surface area (TPSA) is 90.5 Å². The number of halogens is 2. The van der Waals surface area contributed by atoms with Gasteiger partial charge in [-0.3, -0.25) is 14.9 Å². The second kappa shape index (κ2) is 10.6. The highest BCUT2D eigenvalue weighted by Crippen LogP contribution is 2.42. The average molecular weight is 498 g/mol. The maximum atomic E-state index is 13.6. The molecular formula is C26H25Cl2N3O3. The summed E-state index contributed by atoms with van der Waals surface area (Å²) in [4.78, 5) is 26.2. The fourth-order valence-electron chi connectivity index (χ4n) is 4.35. The van der Waals surface area contributed by atoms with Crippen LogP contribution in [0.15, 0.2) is 72.8 Å². The molecule has 0 saturated heterocycles. The number of rotatable bonds is 9. The third-order valence-electron chi connectivity index (χ3n) is 5.88. The molecule has 0 fully saturated rings. The van der Waals surface area contributed by atoms with Crippen molar-refractivity contribution in [3.8, 4) is 0 Å². The molecule has 0 spiro atoms. The van der Waals surface area contributed by atoms with E-state index in [4.69, 9.17) is 28.3 Å². The number of aliphatic hydroxyl groups is 1. The summed E-state index contributed by atoms with van der Waals surface area (Å²) >= 11 is 12.4. The van der Waals surface area contributed by atoms with E-state index in [1.165, 1.54) is 0 Å². The molecule has 2 amide bonds. The van der Waals surface area contributed by atoms with Crippen LogP contribution in [0.4, 0.5) is 5.69 Å². The van der Waals surface area contributed by atoms with Crippen molar-refractivity contribution < 1.29 is 14.7 Å². The second-order valence-corrected chi connectivity index (χ2v) is 9.11. The van der Waals surface area contributed by atoms with Crippen molar-refractivity contribution in [3.63, 3.8) is 0 Å². The van der Waals surface area contributed by atoms with E-state index in [1.54, 1.807) is 18.2 Å². The lowest BCUT2D eigenvalue weighted by atomic mass is 9.83. The van der Waals surface area contributed by atoms with Gasteiger partial charge < -0.3 is 15.7 Å². The van der Waals surface area contributed by atoms with E-state index in [2.05, 4.69) is 16.0 Å². The smallest absolute Gasteiger partial charge is 0.249 e. The van der Waals surface area contributed by atoms with Crippen LogP contribution in [0.5, 0.6) is 0 Å². The molecule has 2 atom stereocenters. The Balaban J connectivity index is 1.77. The molecule has 4 rings (SSSR count). The van der Waals surface area contributed by atoms with Gasteiger partial charge in [-0.1, -0.05) is 71.7 Å². The predicted octanol–water partition coefficient (Wildman–Crippen LogP) is 4.21. The molecule has 0 radical (unpaired) electrons. The van der Waals surface area contributed by atoms with Crippen LogP contribution < -0.4 is 16.0 Å². The Hall–Kier alpha value is -2.90. The number of anilines is 1. The Morgan fingerprint density at radius 2 is 1.76 bits per heavy atom. The first-order chi connectivity index (χ1) is 16.4. The fraction of sp³-hybridized carbons (Fsp3) is 0.231. The molecule has 4 N–H and O–H groups in total. The first kappa shape index (κ1) is 24.2. The van der Waals surface area contributed by atoms with Crippen LogP contribution in [0.2, 0.25) is 10.0 Å². The van der Waals surface area contributed by atoms with Crippen molar-refractivity contribution in [3.05, 3.63) is 99.5 Å². The number of aliphatic hydroxyl groups excluding tert-OH is 1. The van der Waals surface area contributed by atoms with Crippen molar-refractivity contribution in [2.45, 2.75) is 24.4 Å². The van der Waals surface area contributed by atoms with E-state index in [0.717, 1.165) is 16.7 Å². The van der Waals surface area contributed by atoms with Gasteiger partial charge in [0.25, 0.3) is 0 Å². The summed E-state index contributed by atoms with van der Waals surface area (Å²) in [5, 5.41) is 19.4. The van der Waals surface area contributed by atoms with Gasteiger partial charge in [0.15, 0.2) is 0 Å². The number of fused-ring (bicyclic) bond motifs is 1. The molecule has 34 heavy (non-hydrogen) atoms. The SMILES string of the molecule is O=C(CC(NC1(Cc2cccc(Cl)c2)C(=O)Nc2cc(Cl)ccc21)c1ccccc1)NCCO. The number of amides is 2. The normalized spacial score (nSPS) is 17.7. The minimum atomic E-state index is -1.16. The highest BCUT2D eigenvalue weighted by Gasteiger charge is 2.48. The first-order valence-corrected chi connectivity index (χ1v) is 11.7. The fourth-order valence-corrected chi connectivity index (χ4v) is 4.74. The average Bonchev–Trinajstić information content (AvgIpc) is 3.07. The van der Waals surface area contributed by atoms with Crippen LogP contribution >= 0.6 is 23.2 Å². The zero-order chi connectivity index (χ0) is 24.1. The van der Waals surface area contributed by atoms with Gasteiger partial charge in [0.05, 0.1) is 6.61 Å². The molecule has 176 valence electrons. The van der Waals surface area contributed by atoms with Gasteiger partial charge in [-0.15, -0.1) is 0 Å². The second-order valence-electron chi connectivity index (χ2n) is 8.24. The third kappa shape index (κ3) is 5.26. The van der Waals surface area contributed by atoms with Gasteiger partial charge in [-0.05, 0) is 35.4 Å². The minimum absolute atomic E-state index is 0.0809. The number of carbonyl (C=O) groups excluding carboxylic acids is 2. The highest BCUT2D eigenvalue weighted by molar-refractivity contribution is 6.31. The summed E-state index contributed by atoms with van der Waals surface area (Å²) in [5.41, 5.74) is 1.95. The number of nitrogens with one attached hydrogen (secondary N) is 3. The van der Waals surface area contributed by atoms with E-state index < -0.39 is 11.6 Å². The first-order valence-electron chi connectivity index (χ1n) is 11.0. The molecule has 0 aliphatic carbocycles. The molecule has 0 bridgehead atoms. The van der Waals surface area contributed by atoms with Gasteiger partial charge in [-0.2, -0.15) is 0 Å². The van der Waals surface area contributed by atoms with E-state index >= 15 is 0 Å². The van der Waals surface area contributed by atoms with Crippen LogP contribution in [-0.2, 0) is 21.5 Å². The third-order valence-corrected chi connectivity index (χ3v) is 6.35. The molecule has 1 aliphatic rings. The van der Waals surface area contributed by atoms with E-state index in [0.29, 0.717) is 22.2 Å². The lowest BCUT2D eigenvalue weighted by Gasteiger charge is -2.34. The molecule has 0 saturated carbocycles. The van der Waals surface area contributed by atoms with E-state index in [-0.39, 0.29) is 31.4 Å². The summed E-state index contributed by atoms with van der Waals surface area (Å²) in [6, 6.07) is 21.7. The summed E-state index contributed by atoms with van der Waals surface area (Å²) in [6.45, 7) is 0.0141. The zero-order valence-electron chi connectivity index (χ0n) is 18.4. The van der Waals surface area contributed by atoms with E-state index in [1.807, 2.05) is 54.6 Å². The van der Waals surface area contributed by atoms with Crippen molar-refractivity contribution >= 4 is 40.7 Å². The molecule has 1 heterocycles. The number of carbonyl (C=O) groups is 2. The summed E-state index contributed by atoms with van der Waals surface area (Å²) in [6.07, 6.45) is 0.396. The lowest BCUT2D eigenvalue weighted by molar-refractivity contribution is -0.125. The Kier molecular flexibility index (Phi) is 7.54. The van der Waals surface area contributed by atoms with Crippen molar-refractivity contribution in [1.29, 1.82) is 0 Å². The van der Waals surface area contributed by atoms with Crippen molar-refractivity contribution in [1.82, 2.24) is 10.6 Å². The van der Waals surface area contributed by atoms with Crippen LogP contribution in [0.3, 0.4) is 0 Å². The van der Waals surface area contributed by atoms with Crippen LogP contribution in [0.1, 0.15) is 29.2 Å².